The zero-order valence-corrected chi connectivity index (χ0v) is 14.2. The summed E-state index contributed by atoms with van der Waals surface area (Å²) in [7, 11) is 0. The van der Waals surface area contributed by atoms with Gasteiger partial charge in [0, 0.05) is 25.3 Å². The predicted octanol–water partition coefficient (Wildman–Crippen LogP) is 1.99. The lowest BCUT2D eigenvalue weighted by atomic mass is 9.67. The minimum absolute atomic E-state index is 0.0874. The second-order valence-corrected chi connectivity index (χ2v) is 7.16. The Kier molecular flexibility index (Phi) is 4.07. The molecule has 3 heterocycles. The van der Waals surface area contributed by atoms with Gasteiger partial charge in [-0.1, -0.05) is 6.42 Å². The first-order valence-electron chi connectivity index (χ1n) is 8.69. The third kappa shape index (κ3) is 3.01. The van der Waals surface area contributed by atoms with Crippen LogP contribution in [0.1, 0.15) is 41.7 Å². The van der Waals surface area contributed by atoms with Crippen LogP contribution in [-0.4, -0.2) is 40.0 Å². The topological polar surface area (TPSA) is 97.7 Å². The van der Waals surface area contributed by atoms with Crippen molar-refractivity contribution in [3.8, 4) is 6.07 Å². The van der Waals surface area contributed by atoms with E-state index in [1.54, 1.807) is 0 Å². The molecule has 4 rings (SSSR count). The van der Waals surface area contributed by atoms with Gasteiger partial charge in [0.1, 0.15) is 17.6 Å². The highest BCUT2D eigenvalue weighted by atomic mass is 19.1. The fourth-order valence-corrected chi connectivity index (χ4v) is 4.00. The highest BCUT2D eigenvalue weighted by Gasteiger charge is 2.48. The van der Waals surface area contributed by atoms with Crippen molar-refractivity contribution < 1.29 is 9.18 Å². The lowest BCUT2D eigenvalue weighted by Gasteiger charge is -2.38. The number of rotatable bonds is 4. The minimum atomic E-state index is -0.601. The summed E-state index contributed by atoms with van der Waals surface area (Å²) >= 11 is 0. The summed E-state index contributed by atoms with van der Waals surface area (Å²) in [6, 6.07) is 3.61. The molecule has 1 aliphatic carbocycles. The largest absolute Gasteiger partial charge is 0.356 e. The van der Waals surface area contributed by atoms with Crippen LogP contribution in [0.2, 0.25) is 0 Å². The Morgan fingerprint density at radius 3 is 2.92 bits per heavy atom. The van der Waals surface area contributed by atoms with Crippen LogP contribution in [-0.2, 0) is 0 Å². The van der Waals surface area contributed by atoms with E-state index in [-0.39, 0.29) is 17.4 Å². The minimum Gasteiger partial charge on any atom is -0.356 e. The van der Waals surface area contributed by atoms with Crippen LogP contribution in [0, 0.1) is 22.7 Å². The van der Waals surface area contributed by atoms with Gasteiger partial charge in [0.05, 0.1) is 18.0 Å². The van der Waals surface area contributed by atoms with Gasteiger partial charge in [0.15, 0.2) is 0 Å². The number of hydrogen-bond donors (Lipinski definition) is 2. The van der Waals surface area contributed by atoms with Crippen LogP contribution in [0.4, 0.5) is 10.2 Å². The van der Waals surface area contributed by atoms with E-state index in [1.807, 2.05) is 6.07 Å². The van der Waals surface area contributed by atoms with Gasteiger partial charge in [-0.3, -0.25) is 4.79 Å². The molecule has 8 heteroatoms. The van der Waals surface area contributed by atoms with Gasteiger partial charge in [-0.25, -0.2) is 9.97 Å². The molecule has 2 aromatic rings. The normalized spacial score (nSPS) is 20.6. The summed E-state index contributed by atoms with van der Waals surface area (Å²) in [6.07, 6.45) is 8.62. The van der Waals surface area contributed by atoms with E-state index >= 15 is 0 Å². The molecule has 1 amide bonds. The molecule has 0 bridgehead atoms. The van der Waals surface area contributed by atoms with E-state index in [9.17, 15) is 9.18 Å². The summed E-state index contributed by atoms with van der Waals surface area (Å²) in [5, 5.41) is 11.8. The quantitative estimate of drug-likeness (QED) is 0.875. The van der Waals surface area contributed by atoms with Crippen molar-refractivity contribution in [3.63, 3.8) is 0 Å². The fraction of sp³-hybridized carbons (Fsp3) is 0.444. The van der Waals surface area contributed by atoms with Crippen molar-refractivity contribution in [1.82, 2.24) is 20.3 Å². The Morgan fingerprint density at radius 2 is 2.31 bits per heavy atom. The number of nitriles is 1. The number of aromatic nitrogens is 3. The maximum Gasteiger partial charge on any atom is 0.267 e. The molecule has 2 N–H and O–H groups in total. The van der Waals surface area contributed by atoms with Crippen molar-refractivity contribution in [3.05, 3.63) is 41.9 Å². The molecule has 0 radical (unpaired) electrons. The number of amides is 1. The van der Waals surface area contributed by atoms with Crippen molar-refractivity contribution in [1.29, 1.82) is 5.26 Å². The first-order chi connectivity index (χ1) is 12.6. The number of nitrogens with one attached hydrogen (secondary N) is 2. The van der Waals surface area contributed by atoms with Crippen LogP contribution in [0.25, 0.3) is 0 Å². The zero-order valence-electron chi connectivity index (χ0n) is 14.2. The van der Waals surface area contributed by atoms with Crippen molar-refractivity contribution in [2.75, 3.05) is 18.0 Å². The van der Waals surface area contributed by atoms with Crippen LogP contribution in [0.3, 0.4) is 0 Å². The molecule has 0 aromatic carbocycles. The second kappa shape index (κ2) is 6.41. The lowest BCUT2D eigenvalue weighted by molar-refractivity contribution is 0.0944. The summed E-state index contributed by atoms with van der Waals surface area (Å²) in [4.78, 5) is 25.1. The average Bonchev–Trinajstić information content (AvgIpc) is 3.25. The van der Waals surface area contributed by atoms with Gasteiger partial charge in [0.2, 0.25) is 5.95 Å². The Bertz CT molecular complexity index is 851. The molecule has 7 nitrogen and oxygen atoms in total. The van der Waals surface area contributed by atoms with Crippen LogP contribution >= 0.6 is 0 Å². The van der Waals surface area contributed by atoms with Gasteiger partial charge >= 0.3 is 0 Å². The summed E-state index contributed by atoms with van der Waals surface area (Å²) in [5.74, 6) is -0.205. The number of hydrogen-bond acceptors (Lipinski definition) is 5. The van der Waals surface area contributed by atoms with E-state index < -0.39 is 5.95 Å². The average molecular weight is 354 g/mol. The molecule has 1 saturated carbocycles. The Hall–Kier alpha value is -2.95. The van der Waals surface area contributed by atoms with Crippen molar-refractivity contribution >= 4 is 11.7 Å². The molecule has 2 aromatic heterocycles. The number of aromatic amines is 1. The Labute approximate surface area is 150 Å². The number of anilines is 1. The molecule has 2 fully saturated rings. The van der Waals surface area contributed by atoms with Crippen LogP contribution in [0.15, 0.2) is 24.7 Å². The molecule has 1 saturated heterocycles. The molecule has 1 aliphatic heterocycles. The molecule has 1 unspecified atom stereocenters. The number of halogens is 1. The summed E-state index contributed by atoms with van der Waals surface area (Å²) in [6.45, 7) is 1.31. The van der Waals surface area contributed by atoms with E-state index in [0.29, 0.717) is 23.6 Å². The first-order valence-corrected chi connectivity index (χ1v) is 8.69. The maximum absolute atomic E-state index is 13.1. The molecular weight excluding hydrogens is 335 g/mol. The third-order valence-corrected chi connectivity index (χ3v) is 5.49. The van der Waals surface area contributed by atoms with Crippen LogP contribution < -0.4 is 10.2 Å². The first kappa shape index (κ1) is 16.5. The standard InChI is InChI=1S/C18H19FN6O/c19-15-9-23-16(10-22-15)25-11-18(2-1-3-18)5-13(25)8-24-17(26)14-4-12(6-20)7-21-14/h4,7,9-10,13,21H,1-3,5,8,11H2,(H,24,26). The van der Waals surface area contributed by atoms with Gasteiger partial charge < -0.3 is 15.2 Å². The smallest absolute Gasteiger partial charge is 0.267 e. The third-order valence-electron chi connectivity index (χ3n) is 5.49. The second-order valence-electron chi connectivity index (χ2n) is 7.16. The summed E-state index contributed by atoms with van der Waals surface area (Å²) < 4.78 is 13.1. The zero-order chi connectivity index (χ0) is 18.1. The maximum atomic E-state index is 13.1. The van der Waals surface area contributed by atoms with Crippen LogP contribution in [0.5, 0.6) is 0 Å². The number of carbonyl (C=O) groups is 1. The lowest BCUT2D eigenvalue weighted by Crippen LogP contribution is -2.40. The van der Waals surface area contributed by atoms with Gasteiger partial charge in [-0.15, -0.1) is 0 Å². The predicted molar refractivity (Wildman–Crippen MR) is 91.9 cm³/mol. The van der Waals surface area contributed by atoms with E-state index in [2.05, 4.69) is 25.2 Å². The number of H-pyrrole nitrogens is 1. The monoisotopic (exact) mass is 354 g/mol. The molecule has 1 spiro atoms. The van der Waals surface area contributed by atoms with Gasteiger partial charge in [0.25, 0.3) is 5.91 Å². The number of nitrogens with zero attached hydrogens (tertiary/aromatic N) is 4. The van der Waals surface area contributed by atoms with Crippen molar-refractivity contribution in [2.24, 2.45) is 5.41 Å². The highest BCUT2D eigenvalue weighted by Crippen LogP contribution is 2.50. The molecule has 2 aliphatic rings. The van der Waals surface area contributed by atoms with Crippen molar-refractivity contribution in [2.45, 2.75) is 31.7 Å². The molecule has 1 atom stereocenters. The van der Waals surface area contributed by atoms with Gasteiger partial charge in [-0.2, -0.15) is 9.65 Å². The Balaban J connectivity index is 1.46. The number of carbonyl (C=O) groups excluding carboxylic acids is 1. The Morgan fingerprint density at radius 1 is 1.46 bits per heavy atom. The highest BCUT2D eigenvalue weighted by molar-refractivity contribution is 5.92. The van der Waals surface area contributed by atoms with Gasteiger partial charge in [-0.05, 0) is 30.7 Å². The SMILES string of the molecule is N#Cc1c[nH]c(C(=O)NCC2CC3(CCC3)CN2c2cnc(F)cn2)c1. The van der Waals surface area contributed by atoms with E-state index in [0.717, 1.165) is 19.2 Å². The fourth-order valence-electron chi connectivity index (χ4n) is 4.00. The molecule has 134 valence electrons. The summed E-state index contributed by atoms with van der Waals surface area (Å²) in [5.41, 5.74) is 1.06. The molecular formula is C18H19FN6O. The van der Waals surface area contributed by atoms with E-state index in [1.165, 1.54) is 37.7 Å². The van der Waals surface area contributed by atoms with E-state index in [4.69, 9.17) is 5.26 Å². The molecule has 26 heavy (non-hydrogen) atoms.